The van der Waals surface area contributed by atoms with E-state index in [0.29, 0.717) is 10.6 Å². The molecule has 0 aliphatic carbocycles. The lowest BCUT2D eigenvalue weighted by atomic mass is 9.97. The fourth-order valence-corrected chi connectivity index (χ4v) is 5.90. The van der Waals surface area contributed by atoms with Crippen LogP contribution in [0.25, 0.3) is 0 Å². The first-order valence-corrected chi connectivity index (χ1v) is 13.5. The van der Waals surface area contributed by atoms with Gasteiger partial charge in [0.1, 0.15) is 12.5 Å². The van der Waals surface area contributed by atoms with E-state index in [9.17, 15) is 32.1 Å². The van der Waals surface area contributed by atoms with E-state index in [1.807, 2.05) is 0 Å². The number of hydrogen-bond acceptors (Lipinski definition) is 9. The summed E-state index contributed by atoms with van der Waals surface area (Å²) in [5, 5.41) is 0.400. The number of esters is 1. The number of ether oxygens (including phenoxy) is 2. The van der Waals surface area contributed by atoms with Gasteiger partial charge in [0.05, 0.1) is 25.7 Å². The number of alkyl halides is 4. The number of amides is 1. The van der Waals surface area contributed by atoms with Crippen molar-refractivity contribution >= 4 is 37.1 Å². The normalized spacial score (nSPS) is 33.4. The quantitative estimate of drug-likeness (QED) is 0.192. The lowest BCUT2D eigenvalue weighted by molar-refractivity contribution is -0.182. The number of rotatable bonds is 7. The highest BCUT2D eigenvalue weighted by atomic mass is 35.5. The molecule has 1 aromatic rings. The Bertz CT molecular complexity index is 1210. The lowest BCUT2D eigenvalue weighted by Gasteiger charge is -2.33. The van der Waals surface area contributed by atoms with Crippen molar-refractivity contribution in [3.8, 4) is 0 Å². The van der Waals surface area contributed by atoms with Gasteiger partial charge in [-0.2, -0.15) is 13.2 Å². The fraction of sp³-hybridized carbons (Fsp3) is 0.522. The average molecular weight is 600 g/mol. The molecule has 1 amide bonds. The van der Waals surface area contributed by atoms with E-state index in [-0.39, 0.29) is 13.0 Å². The number of carbonyl (C=O) groups is 3. The van der Waals surface area contributed by atoms with Crippen molar-refractivity contribution in [1.82, 2.24) is 4.90 Å². The van der Waals surface area contributed by atoms with Crippen LogP contribution in [0, 0.1) is 0 Å². The van der Waals surface area contributed by atoms with E-state index in [0.717, 1.165) is 24.1 Å². The SMILES string of the molecule is C[C@@]1(F)[C@H](OC(=O)CC(F)(F)F)[C@@H](CO[P@@]2(=O)OCC[C@@H](c3cccc(Cl)c3)O2)O[C@H]1N1C=CC(=O)CC1=O. The standard InChI is InChI=1S/C23H23ClF4NO9P/c1-22(25)20(37-19(32)11-23(26,27)28)17(36-21(22)29-7-5-15(30)10-18(29)31)12-35-39(33)34-8-6-16(38-39)13-3-2-4-14(24)9-13/h2-5,7,9,16-17,20-21H,6,8,10-12H2,1H3/t16-,17+,20+,21+,22+,39+/m0/s1. The third-order valence-corrected chi connectivity index (χ3v) is 7.79. The topological polar surface area (TPSA) is 118 Å². The van der Waals surface area contributed by atoms with Crippen molar-refractivity contribution in [3.63, 3.8) is 0 Å². The number of nitrogens with zero attached hydrogens (tertiary/aromatic N) is 1. The van der Waals surface area contributed by atoms with E-state index in [1.54, 1.807) is 24.3 Å². The summed E-state index contributed by atoms with van der Waals surface area (Å²) < 4.78 is 93.8. The van der Waals surface area contributed by atoms with Crippen LogP contribution in [0.1, 0.15) is 37.9 Å². The highest BCUT2D eigenvalue weighted by molar-refractivity contribution is 7.48. The highest BCUT2D eigenvalue weighted by Gasteiger charge is 2.60. The first kappa shape index (κ1) is 29.6. The Balaban J connectivity index is 1.53. The second kappa shape index (κ2) is 11.3. The third kappa shape index (κ3) is 7.05. The van der Waals surface area contributed by atoms with Crippen molar-refractivity contribution < 1.29 is 59.6 Å². The Labute approximate surface area is 224 Å². The van der Waals surface area contributed by atoms with Gasteiger partial charge in [0.2, 0.25) is 5.91 Å². The smallest absolute Gasteiger partial charge is 0.456 e. The summed E-state index contributed by atoms with van der Waals surface area (Å²) in [6.45, 7) is -0.0234. The predicted molar refractivity (Wildman–Crippen MR) is 124 cm³/mol. The van der Waals surface area contributed by atoms with Gasteiger partial charge < -0.3 is 9.47 Å². The zero-order valence-electron chi connectivity index (χ0n) is 20.3. The molecule has 16 heteroatoms. The minimum Gasteiger partial charge on any atom is -0.456 e. The summed E-state index contributed by atoms with van der Waals surface area (Å²) in [7, 11) is -4.32. The monoisotopic (exact) mass is 599 g/mol. The fourth-order valence-electron chi connectivity index (χ4n) is 4.31. The molecule has 4 rings (SSSR count). The Morgan fingerprint density at radius 2 is 2.05 bits per heavy atom. The van der Waals surface area contributed by atoms with Crippen LogP contribution in [0.3, 0.4) is 0 Å². The molecular formula is C23H23ClF4NO9P. The molecule has 3 heterocycles. The van der Waals surface area contributed by atoms with Crippen LogP contribution in [0.5, 0.6) is 0 Å². The van der Waals surface area contributed by atoms with Gasteiger partial charge in [-0.05, 0) is 30.7 Å². The molecule has 2 saturated heterocycles. The van der Waals surface area contributed by atoms with Crippen LogP contribution in [-0.4, -0.2) is 66.1 Å². The van der Waals surface area contributed by atoms with Crippen molar-refractivity contribution in [1.29, 1.82) is 0 Å². The van der Waals surface area contributed by atoms with Crippen LogP contribution < -0.4 is 0 Å². The third-order valence-electron chi connectivity index (χ3n) is 6.07. The zero-order valence-corrected chi connectivity index (χ0v) is 21.9. The number of hydrogen-bond donors (Lipinski definition) is 0. The van der Waals surface area contributed by atoms with Crippen molar-refractivity contribution in [2.45, 2.75) is 62.6 Å². The van der Waals surface area contributed by atoms with E-state index in [4.69, 9.17) is 34.6 Å². The van der Waals surface area contributed by atoms with Gasteiger partial charge in [-0.15, -0.1) is 0 Å². The molecule has 0 bridgehead atoms. The summed E-state index contributed by atoms with van der Waals surface area (Å²) in [5.74, 6) is -3.21. The summed E-state index contributed by atoms with van der Waals surface area (Å²) in [6, 6.07) is 6.54. The maximum Gasteiger partial charge on any atom is 0.475 e. The molecule has 0 aromatic heterocycles. The number of carbonyl (C=O) groups excluding carboxylic acids is 3. The summed E-state index contributed by atoms with van der Waals surface area (Å²) in [5.41, 5.74) is -2.20. The Kier molecular flexibility index (Phi) is 8.56. The van der Waals surface area contributed by atoms with Crippen LogP contribution >= 0.6 is 19.4 Å². The number of phosphoric acid groups is 1. The Morgan fingerprint density at radius 1 is 1.31 bits per heavy atom. The van der Waals surface area contributed by atoms with Gasteiger partial charge in [-0.25, -0.2) is 8.96 Å². The minimum atomic E-state index is -4.94. The molecule has 214 valence electrons. The summed E-state index contributed by atoms with van der Waals surface area (Å²) in [6.07, 6.45) is -11.6. The van der Waals surface area contributed by atoms with Gasteiger partial charge in [0.25, 0.3) is 0 Å². The molecule has 3 aliphatic heterocycles. The van der Waals surface area contributed by atoms with E-state index in [1.165, 1.54) is 0 Å². The van der Waals surface area contributed by atoms with Crippen molar-refractivity contribution in [2.24, 2.45) is 0 Å². The van der Waals surface area contributed by atoms with Gasteiger partial charge in [0.15, 0.2) is 23.8 Å². The van der Waals surface area contributed by atoms with Crippen molar-refractivity contribution in [2.75, 3.05) is 13.2 Å². The van der Waals surface area contributed by atoms with Crippen LogP contribution in [0.4, 0.5) is 17.6 Å². The van der Waals surface area contributed by atoms with Crippen molar-refractivity contribution in [3.05, 3.63) is 47.1 Å². The van der Waals surface area contributed by atoms with E-state index >= 15 is 4.39 Å². The van der Waals surface area contributed by atoms with Crippen LogP contribution in [0.15, 0.2) is 36.5 Å². The second-order valence-corrected chi connectivity index (χ2v) is 11.2. The zero-order chi connectivity index (χ0) is 28.6. The lowest BCUT2D eigenvalue weighted by Crippen LogP contribution is -2.52. The molecule has 0 spiro atoms. The maximum atomic E-state index is 16.0. The molecule has 0 radical (unpaired) electrons. The van der Waals surface area contributed by atoms with E-state index < -0.39 is 81.3 Å². The molecule has 1 aromatic carbocycles. The van der Waals surface area contributed by atoms with E-state index in [2.05, 4.69) is 0 Å². The van der Waals surface area contributed by atoms with Crippen LogP contribution in [-0.2, 0) is 42.0 Å². The summed E-state index contributed by atoms with van der Waals surface area (Å²) >= 11 is 6.00. The predicted octanol–water partition coefficient (Wildman–Crippen LogP) is 4.58. The van der Waals surface area contributed by atoms with Gasteiger partial charge in [-0.1, -0.05) is 23.7 Å². The largest absolute Gasteiger partial charge is 0.475 e. The molecule has 0 unspecified atom stereocenters. The van der Waals surface area contributed by atoms with Crippen LogP contribution in [0.2, 0.25) is 5.02 Å². The van der Waals surface area contributed by atoms with Gasteiger partial charge in [-0.3, -0.25) is 32.9 Å². The average Bonchev–Trinajstić information content (AvgIpc) is 3.06. The minimum absolute atomic E-state index is 0.0610. The summed E-state index contributed by atoms with van der Waals surface area (Å²) in [4.78, 5) is 36.6. The number of benzene rings is 1. The molecule has 0 saturated carbocycles. The van der Waals surface area contributed by atoms with Gasteiger partial charge in [0, 0.05) is 17.6 Å². The molecule has 10 nitrogen and oxygen atoms in total. The second-order valence-electron chi connectivity index (χ2n) is 9.15. The highest BCUT2D eigenvalue weighted by Crippen LogP contribution is 2.57. The first-order chi connectivity index (χ1) is 18.2. The number of halogens is 5. The number of allylic oxidation sites excluding steroid dienone is 1. The maximum absolute atomic E-state index is 16.0. The molecular weight excluding hydrogens is 577 g/mol. The van der Waals surface area contributed by atoms with Gasteiger partial charge >= 0.3 is 20.0 Å². The Hall–Kier alpha value is -2.35. The first-order valence-electron chi connectivity index (χ1n) is 11.6. The number of phosphoric ester groups is 1. The number of ketones is 1. The molecule has 2 fully saturated rings. The molecule has 0 N–H and O–H groups in total. The molecule has 6 atom stereocenters. The molecule has 3 aliphatic rings. The molecule has 39 heavy (non-hydrogen) atoms. The Morgan fingerprint density at radius 3 is 2.72 bits per heavy atom.